The van der Waals surface area contributed by atoms with E-state index < -0.39 is 27.1 Å². The summed E-state index contributed by atoms with van der Waals surface area (Å²) in [6.07, 6.45) is 0. The molecule has 4 radical (unpaired) electrons. The molecule has 0 unspecified atom stereocenters. The first kappa shape index (κ1) is 96.9. The minimum absolute atomic E-state index is 0. The Hall–Kier alpha value is 14.8. The third-order valence-electron chi connectivity index (χ3n) is 0. The van der Waals surface area contributed by atoms with Gasteiger partial charge in [0, 0.05) is 307 Å². The van der Waals surface area contributed by atoms with Crippen molar-refractivity contribution < 1.29 is 496 Å². The van der Waals surface area contributed by atoms with Crippen LogP contribution < -0.4 is 57.5 Å². The molecule has 0 aromatic heterocycles. The molecule has 27 heteroatoms. The van der Waals surface area contributed by atoms with E-state index in [4.69, 9.17) is 57.5 Å². The van der Waals surface area contributed by atoms with Gasteiger partial charge in [-0.25, -0.2) is 0 Å². The van der Waals surface area contributed by atoms with Crippen molar-refractivity contribution in [2.45, 2.75) is 0 Å². The molecule has 0 aliphatic carbocycles. The Morgan fingerprint density at radius 2 is 0.259 bits per heavy atom. The Morgan fingerprint density at radius 1 is 0.259 bits per heavy atom. The molecule has 0 heterocycles. The van der Waals surface area contributed by atoms with Crippen LogP contribution in [-0.4, -0.2) is 27.1 Å². The molecule has 0 saturated heterocycles. The van der Waals surface area contributed by atoms with Gasteiger partial charge in [0.05, 0.1) is 0 Å². The van der Waals surface area contributed by atoms with E-state index >= 15 is 0 Å². The predicted molar refractivity (Wildman–Crippen MR) is 17.3 cm³/mol. The van der Waals surface area contributed by atoms with Crippen molar-refractivity contribution >= 4 is 27.1 Å². The molecule has 0 spiro atoms. The summed E-state index contributed by atoms with van der Waals surface area (Å²) in [7, 11) is -16.8. The predicted octanol–water partition coefficient (Wildman–Crippen LogP) is -15.4. The van der Waals surface area contributed by atoms with Gasteiger partial charge in [-0.1, -0.05) is 0 Å². The largest absolute Gasteiger partial charge is 3.00 e. The normalized spacial score (nSPS) is 6.67. The average molecular weight is 1960 g/mol. The van der Waals surface area contributed by atoms with Crippen molar-refractivity contribution in [2.75, 3.05) is 0 Å². The van der Waals surface area contributed by atoms with Crippen LogP contribution in [-0.2, 0) is 131 Å². The number of rotatable bonds is 0. The minimum atomic E-state index is -5.61. The molecule has 0 fully saturated rings. The van der Waals surface area contributed by atoms with Gasteiger partial charge >= 0.3 is 131 Å². The standard InChI is InChI=1S/4Gd.4Lu.3O4Si.4Y/c;;;;;;;;3*1-5(2,3)4;;;;/q;;;;;;;;3*-4;4*+3. The summed E-state index contributed by atoms with van der Waals surface area (Å²) >= 11 is 0. The van der Waals surface area contributed by atoms with Crippen molar-refractivity contribution in [3.8, 4) is 0 Å². The molecule has 0 aliphatic heterocycles. The minimum Gasteiger partial charge on any atom is -0.894 e. The first-order valence-electron chi connectivity index (χ1n) is 2.45. The summed E-state index contributed by atoms with van der Waals surface area (Å²) in [5.41, 5.74) is 0. The van der Waals surface area contributed by atoms with Crippen molar-refractivity contribution in [3.63, 3.8) is 0 Å². The molecule has 0 N–H and O–H groups in total. The maximum atomic E-state index is 8.58. The summed E-state index contributed by atoms with van der Waals surface area (Å²) in [6.45, 7) is 0. The Labute approximate surface area is 505 Å². The van der Waals surface area contributed by atoms with Crippen LogP contribution in [0.15, 0.2) is 0 Å². The zero-order chi connectivity index (χ0) is 13.5. The van der Waals surface area contributed by atoms with E-state index in [-0.39, 0.29) is 438 Å². The van der Waals surface area contributed by atoms with Gasteiger partial charge in [0.25, 0.3) is 0 Å². The summed E-state index contributed by atoms with van der Waals surface area (Å²) < 4.78 is 0. The summed E-state index contributed by atoms with van der Waals surface area (Å²) in [4.78, 5) is 103. The van der Waals surface area contributed by atoms with Gasteiger partial charge in [-0.2, -0.15) is 0 Å². The molecular weight excluding hydrogens is 1960 g/mol. The molecule has 188 valence electrons. The molecule has 0 aromatic carbocycles. The maximum Gasteiger partial charge on any atom is 3.00 e. The van der Waals surface area contributed by atoms with Crippen LogP contribution in [0, 0.1) is 307 Å². The summed E-state index contributed by atoms with van der Waals surface area (Å²) in [5.74, 6) is 0. The zero-order valence-corrected chi connectivity index (χ0v) is 41.2. The second-order valence-corrected chi connectivity index (χ2v) is 4.50. The monoisotopic (exact) mass is 1960 g/mol. The fraction of sp³-hybridized carbons (Fsp3) is 0. The smallest absolute Gasteiger partial charge is 0.894 e. The van der Waals surface area contributed by atoms with E-state index in [1.54, 1.807) is 0 Å². The van der Waals surface area contributed by atoms with Gasteiger partial charge in [0.1, 0.15) is 0 Å². The summed E-state index contributed by atoms with van der Waals surface area (Å²) in [6, 6.07) is 0. The van der Waals surface area contributed by atoms with Crippen LogP contribution in [0.2, 0.25) is 0 Å². The topological polar surface area (TPSA) is 277 Å². The summed E-state index contributed by atoms with van der Waals surface area (Å²) in [5, 5.41) is 0. The van der Waals surface area contributed by atoms with Crippen molar-refractivity contribution in [3.05, 3.63) is 0 Å². The van der Waals surface area contributed by atoms with Gasteiger partial charge in [0.2, 0.25) is 0 Å². The molecule has 0 atom stereocenters. The molecule has 27 heavy (non-hydrogen) atoms. The Morgan fingerprint density at radius 3 is 0.259 bits per heavy atom. The first-order valence-corrected chi connectivity index (χ1v) is 7.35. The SMILES string of the molecule is [Gd].[Gd].[Gd].[Gd].[Lu].[Lu].[Lu].[Lu].[O-][Si]([O-])([O-])[O-].[O-][Si]([O-])([O-])[O-].[O-][Si]([O-])([O-])[O-].[Y+3].[Y+3].[Y+3].[Y+3]. The van der Waals surface area contributed by atoms with Crippen LogP contribution in [0.3, 0.4) is 0 Å². The second-order valence-electron chi connectivity index (χ2n) is 1.50. The van der Waals surface area contributed by atoms with Gasteiger partial charge in [-0.05, 0) is 0 Å². The van der Waals surface area contributed by atoms with Gasteiger partial charge in [0.15, 0.2) is 0 Å². The van der Waals surface area contributed by atoms with E-state index in [0.29, 0.717) is 0 Å². The van der Waals surface area contributed by atoms with E-state index in [0.717, 1.165) is 0 Å². The number of hydrogen-bond acceptors (Lipinski definition) is 12. The zero-order valence-electron chi connectivity index (χ0n) is 11.2. The molecule has 0 aliphatic rings. The quantitative estimate of drug-likeness (QED) is 0.205. The van der Waals surface area contributed by atoms with Crippen LogP contribution >= 0.6 is 0 Å². The van der Waals surface area contributed by atoms with E-state index in [1.807, 2.05) is 0 Å². The van der Waals surface area contributed by atoms with Gasteiger partial charge < -0.3 is 84.7 Å². The second kappa shape index (κ2) is 60.1. The molecule has 0 rings (SSSR count). The van der Waals surface area contributed by atoms with Crippen LogP contribution in [0.5, 0.6) is 0 Å². The molecular formula is Gd4Lu4O12Si3Y4. The fourth-order valence-electron chi connectivity index (χ4n) is 0. The Kier molecular flexibility index (Phi) is 216. The first-order chi connectivity index (χ1) is 6.00. The average Bonchev–Trinajstić information content (AvgIpc) is 1.41. The van der Waals surface area contributed by atoms with Crippen LogP contribution in [0.25, 0.3) is 0 Å². The number of hydrogen-bond donors (Lipinski definition) is 0. The van der Waals surface area contributed by atoms with Gasteiger partial charge in [-0.15, -0.1) is 0 Å². The van der Waals surface area contributed by atoms with Crippen LogP contribution in [0.1, 0.15) is 0 Å². The maximum absolute atomic E-state index is 8.58. The van der Waals surface area contributed by atoms with Crippen molar-refractivity contribution in [2.24, 2.45) is 0 Å². The molecule has 12 nitrogen and oxygen atoms in total. The molecule has 0 aromatic rings. The van der Waals surface area contributed by atoms with Crippen LogP contribution in [0.4, 0.5) is 0 Å². The van der Waals surface area contributed by atoms with E-state index in [1.165, 1.54) is 0 Å². The fourth-order valence-corrected chi connectivity index (χ4v) is 0. The molecule has 0 amide bonds. The van der Waals surface area contributed by atoms with Gasteiger partial charge in [-0.3, -0.25) is 0 Å². The van der Waals surface area contributed by atoms with Crippen molar-refractivity contribution in [1.29, 1.82) is 0 Å². The third-order valence-corrected chi connectivity index (χ3v) is 0. The Bertz CT molecular complexity index is 132. The van der Waals surface area contributed by atoms with E-state index in [9.17, 15) is 0 Å². The molecule has 0 saturated carbocycles. The van der Waals surface area contributed by atoms with Crippen molar-refractivity contribution in [1.82, 2.24) is 0 Å². The van der Waals surface area contributed by atoms with E-state index in [2.05, 4.69) is 0 Å². The Balaban J connectivity index is -0.00000000503. The third kappa shape index (κ3) is 280. The molecule has 0 bridgehead atoms.